The second-order valence-corrected chi connectivity index (χ2v) is 9.28. The summed E-state index contributed by atoms with van der Waals surface area (Å²) in [5, 5.41) is 7.95. The van der Waals surface area contributed by atoms with Gasteiger partial charge in [-0.05, 0) is 73.1 Å². The molecule has 4 nitrogen and oxygen atoms in total. The van der Waals surface area contributed by atoms with Crippen molar-refractivity contribution in [1.82, 2.24) is 10.6 Å². The number of hydrogen-bond acceptors (Lipinski definition) is 3. The molecule has 33 heavy (non-hydrogen) atoms. The van der Waals surface area contributed by atoms with Crippen molar-refractivity contribution in [3.8, 4) is 11.1 Å². The summed E-state index contributed by atoms with van der Waals surface area (Å²) >= 11 is 0. The fraction of sp³-hybridized carbons (Fsp3) is 0.276. The molecule has 2 unspecified atom stereocenters. The molecule has 2 heterocycles. The van der Waals surface area contributed by atoms with E-state index in [0.29, 0.717) is 6.54 Å². The van der Waals surface area contributed by atoms with Crippen molar-refractivity contribution in [2.45, 2.75) is 44.7 Å². The van der Waals surface area contributed by atoms with Crippen LogP contribution in [0.25, 0.3) is 22.1 Å². The van der Waals surface area contributed by atoms with E-state index in [2.05, 4.69) is 78.2 Å². The van der Waals surface area contributed by atoms with Gasteiger partial charge in [0.15, 0.2) is 0 Å². The van der Waals surface area contributed by atoms with E-state index in [0.717, 1.165) is 53.7 Å². The summed E-state index contributed by atoms with van der Waals surface area (Å²) in [7, 11) is 0. The first kappa shape index (κ1) is 20.3. The number of carbonyl (C=O) groups is 1. The van der Waals surface area contributed by atoms with Gasteiger partial charge in [-0.15, -0.1) is 0 Å². The van der Waals surface area contributed by atoms with Crippen molar-refractivity contribution in [3.05, 3.63) is 94.7 Å². The molecule has 0 fully saturated rings. The van der Waals surface area contributed by atoms with Crippen LogP contribution in [0.3, 0.4) is 0 Å². The largest absolute Gasteiger partial charge is 0.459 e. The van der Waals surface area contributed by atoms with Gasteiger partial charge in [-0.25, -0.2) is 0 Å². The first-order valence-electron chi connectivity index (χ1n) is 12.0. The number of hydrogen-bond donors (Lipinski definition) is 2. The Labute approximate surface area is 194 Å². The van der Waals surface area contributed by atoms with E-state index < -0.39 is 0 Å². The van der Waals surface area contributed by atoms with Gasteiger partial charge < -0.3 is 15.1 Å². The van der Waals surface area contributed by atoms with Crippen molar-refractivity contribution in [1.29, 1.82) is 0 Å². The summed E-state index contributed by atoms with van der Waals surface area (Å²) in [6, 6.07) is 23.8. The summed E-state index contributed by atoms with van der Waals surface area (Å²) in [6.07, 6.45) is 4.17. The third kappa shape index (κ3) is 3.65. The highest BCUT2D eigenvalue weighted by atomic mass is 16.3. The maximum Gasteiger partial charge on any atom is 0.251 e. The fourth-order valence-corrected chi connectivity index (χ4v) is 5.41. The molecule has 0 bridgehead atoms. The first-order chi connectivity index (χ1) is 16.2. The normalized spacial score (nSPS) is 18.5. The van der Waals surface area contributed by atoms with E-state index in [1.165, 1.54) is 22.1 Å². The van der Waals surface area contributed by atoms with Crippen molar-refractivity contribution in [3.63, 3.8) is 0 Å². The SMILES string of the molecule is CC(NC1CCCc2c1oc1ccc(-c3ccc4c(c3)CCNC4=O)cc21)c1ccccc1. The zero-order valence-electron chi connectivity index (χ0n) is 18.9. The molecule has 1 aliphatic carbocycles. The third-order valence-electron chi connectivity index (χ3n) is 7.17. The van der Waals surface area contributed by atoms with Crippen LogP contribution in [0.15, 0.2) is 71.1 Å². The van der Waals surface area contributed by atoms with E-state index in [9.17, 15) is 4.79 Å². The van der Waals surface area contributed by atoms with Crippen LogP contribution < -0.4 is 10.6 Å². The summed E-state index contributed by atoms with van der Waals surface area (Å²) < 4.78 is 6.42. The molecule has 3 aromatic carbocycles. The van der Waals surface area contributed by atoms with Gasteiger partial charge in [-0.1, -0.05) is 48.5 Å². The van der Waals surface area contributed by atoms with Gasteiger partial charge in [0.1, 0.15) is 11.3 Å². The number of aryl methyl sites for hydroxylation is 1. The predicted octanol–water partition coefficient (Wildman–Crippen LogP) is 6.11. The number of fused-ring (bicyclic) bond motifs is 4. The smallest absolute Gasteiger partial charge is 0.251 e. The van der Waals surface area contributed by atoms with Gasteiger partial charge in [-0.3, -0.25) is 4.79 Å². The summed E-state index contributed by atoms with van der Waals surface area (Å²) in [6.45, 7) is 2.93. The Morgan fingerprint density at radius 3 is 2.70 bits per heavy atom. The number of carbonyl (C=O) groups excluding carboxylic acids is 1. The van der Waals surface area contributed by atoms with Crippen LogP contribution in [0.1, 0.15) is 64.7 Å². The molecular weight excluding hydrogens is 408 g/mol. The molecule has 4 aromatic rings. The number of furan rings is 1. The maximum atomic E-state index is 12.1. The average molecular weight is 437 g/mol. The number of benzene rings is 3. The van der Waals surface area contributed by atoms with Gasteiger partial charge >= 0.3 is 0 Å². The minimum atomic E-state index is 0.0328. The molecule has 1 amide bonds. The number of nitrogens with one attached hydrogen (secondary N) is 2. The molecular formula is C29H28N2O2. The topological polar surface area (TPSA) is 54.3 Å². The Bertz CT molecular complexity index is 1340. The van der Waals surface area contributed by atoms with Crippen molar-refractivity contribution < 1.29 is 9.21 Å². The Balaban J connectivity index is 1.34. The highest BCUT2D eigenvalue weighted by Gasteiger charge is 2.28. The van der Waals surface area contributed by atoms with Crippen LogP contribution in [-0.4, -0.2) is 12.5 Å². The standard InChI is InChI=1S/C29H28N2O2/c1-18(19-6-3-2-4-7-19)31-26-9-5-8-24-25-17-21(11-13-27(25)33-28(24)26)20-10-12-23-22(16-20)14-15-30-29(23)32/h2-4,6-7,10-13,16-18,26,31H,5,8-9,14-15H2,1H3,(H,30,32). The Kier molecular flexibility index (Phi) is 5.03. The van der Waals surface area contributed by atoms with Crippen LogP contribution in [0, 0.1) is 0 Å². The number of amides is 1. The molecule has 0 saturated carbocycles. The second-order valence-electron chi connectivity index (χ2n) is 9.28. The van der Waals surface area contributed by atoms with Crippen LogP contribution >= 0.6 is 0 Å². The van der Waals surface area contributed by atoms with E-state index in [1.807, 2.05) is 6.07 Å². The molecule has 1 aromatic heterocycles. The van der Waals surface area contributed by atoms with E-state index >= 15 is 0 Å². The lowest BCUT2D eigenvalue weighted by Crippen LogP contribution is -2.31. The van der Waals surface area contributed by atoms with Crippen molar-refractivity contribution in [2.24, 2.45) is 0 Å². The monoisotopic (exact) mass is 436 g/mol. The minimum Gasteiger partial charge on any atom is -0.459 e. The lowest BCUT2D eigenvalue weighted by atomic mass is 9.90. The third-order valence-corrected chi connectivity index (χ3v) is 7.17. The Morgan fingerprint density at radius 1 is 1.00 bits per heavy atom. The molecule has 166 valence electrons. The zero-order valence-corrected chi connectivity index (χ0v) is 18.9. The lowest BCUT2D eigenvalue weighted by Gasteiger charge is -2.26. The van der Waals surface area contributed by atoms with Crippen LogP contribution in [0.2, 0.25) is 0 Å². The van der Waals surface area contributed by atoms with Gasteiger partial charge in [0.2, 0.25) is 0 Å². The molecule has 0 spiro atoms. The summed E-state index contributed by atoms with van der Waals surface area (Å²) in [4.78, 5) is 12.1. The molecule has 2 N–H and O–H groups in total. The molecule has 1 aliphatic heterocycles. The fourth-order valence-electron chi connectivity index (χ4n) is 5.41. The lowest BCUT2D eigenvalue weighted by molar-refractivity contribution is 0.0946. The van der Waals surface area contributed by atoms with Gasteiger partial charge in [0, 0.05) is 29.1 Å². The van der Waals surface area contributed by atoms with E-state index in [-0.39, 0.29) is 18.0 Å². The first-order valence-corrected chi connectivity index (χ1v) is 12.0. The van der Waals surface area contributed by atoms with Crippen molar-refractivity contribution in [2.75, 3.05) is 6.54 Å². The van der Waals surface area contributed by atoms with Gasteiger partial charge in [0.25, 0.3) is 5.91 Å². The Morgan fingerprint density at radius 2 is 1.82 bits per heavy atom. The average Bonchev–Trinajstić information content (AvgIpc) is 3.23. The highest BCUT2D eigenvalue weighted by molar-refractivity contribution is 5.97. The summed E-state index contributed by atoms with van der Waals surface area (Å²) in [5.74, 6) is 1.13. The molecule has 6 rings (SSSR count). The van der Waals surface area contributed by atoms with Crippen LogP contribution in [0.4, 0.5) is 0 Å². The number of rotatable bonds is 4. The van der Waals surface area contributed by atoms with E-state index in [4.69, 9.17) is 4.42 Å². The minimum absolute atomic E-state index is 0.0328. The van der Waals surface area contributed by atoms with E-state index in [1.54, 1.807) is 0 Å². The zero-order chi connectivity index (χ0) is 22.4. The highest BCUT2D eigenvalue weighted by Crippen LogP contribution is 2.40. The Hall–Kier alpha value is -3.37. The quantitative estimate of drug-likeness (QED) is 0.406. The molecule has 4 heteroatoms. The molecule has 2 atom stereocenters. The predicted molar refractivity (Wildman–Crippen MR) is 131 cm³/mol. The second kappa shape index (κ2) is 8.20. The van der Waals surface area contributed by atoms with Crippen molar-refractivity contribution >= 4 is 16.9 Å². The summed E-state index contributed by atoms with van der Waals surface area (Å²) in [5.41, 5.74) is 7.86. The molecule has 0 saturated heterocycles. The maximum absolute atomic E-state index is 12.1. The molecule has 2 aliphatic rings. The van der Waals surface area contributed by atoms with Gasteiger partial charge in [0.05, 0.1) is 6.04 Å². The van der Waals surface area contributed by atoms with Gasteiger partial charge in [-0.2, -0.15) is 0 Å². The van der Waals surface area contributed by atoms with Crippen LogP contribution in [0.5, 0.6) is 0 Å². The molecule has 0 radical (unpaired) electrons. The van der Waals surface area contributed by atoms with Crippen LogP contribution in [-0.2, 0) is 12.8 Å².